The summed E-state index contributed by atoms with van der Waals surface area (Å²) in [5.41, 5.74) is 2.01. The lowest BCUT2D eigenvalue weighted by atomic mass is 10.1. The number of carbonyl (C=O) groups is 1. The van der Waals surface area contributed by atoms with Crippen molar-refractivity contribution in [3.8, 4) is 0 Å². The van der Waals surface area contributed by atoms with Crippen LogP contribution in [-0.4, -0.2) is 23.9 Å². The minimum absolute atomic E-state index is 0.112. The van der Waals surface area contributed by atoms with E-state index >= 15 is 0 Å². The molecule has 0 unspecified atom stereocenters. The average molecular weight is 233 g/mol. The molecule has 1 amide bonds. The minimum atomic E-state index is 0.112. The Labute approximate surface area is 101 Å². The Bertz CT molecular complexity index is 422. The first-order valence-electron chi connectivity index (χ1n) is 5.41. The van der Waals surface area contributed by atoms with E-state index in [1.54, 1.807) is 0 Å². The van der Waals surface area contributed by atoms with E-state index in [9.17, 15) is 4.79 Å². The highest BCUT2D eigenvalue weighted by Crippen LogP contribution is 2.14. The Morgan fingerprint density at radius 1 is 1.31 bits per heavy atom. The van der Waals surface area contributed by atoms with Crippen molar-refractivity contribution >= 4 is 18.5 Å². The van der Waals surface area contributed by atoms with Crippen molar-refractivity contribution in [1.82, 2.24) is 4.90 Å². The Morgan fingerprint density at radius 3 is 2.62 bits per heavy atom. The molecule has 84 valence electrons. The van der Waals surface area contributed by atoms with Crippen molar-refractivity contribution in [1.29, 1.82) is 0 Å². The summed E-state index contributed by atoms with van der Waals surface area (Å²) >= 11 is 4.21. The van der Waals surface area contributed by atoms with Gasteiger partial charge in [0.05, 0.1) is 0 Å². The first-order valence-corrected chi connectivity index (χ1v) is 5.85. The maximum absolute atomic E-state index is 12.1. The van der Waals surface area contributed by atoms with E-state index < -0.39 is 0 Å². The largest absolute Gasteiger partial charge is 0.334 e. The molecule has 1 aliphatic heterocycles. The van der Waals surface area contributed by atoms with E-state index in [2.05, 4.69) is 25.6 Å². The number of carbonyl (C=O) groups excluding carboxylic acids is 1. The zero-order valence-corrected chi connectivity index (χ0v) is 10.2. The number of hydrogen-bond donors (Lipinski definition) is 1. The first kappa shape index (κ1) is 11.3. The Kier molecular flexibility index (Phi) is 3.34. The summed E-state index contributed by atoms with van der Waals surface area (Å²) in [5.74, 6) is 0.112. The first-order chi connectivity index (χ1) is 7.66. The molecular weight excluding hydrogens is 218 g/mol. The summed E-state index contributed by atoms with van der Waals surface area (Å²) < 4.78 is 0. The molecule has 2 rings (SSSR count). The van der Waals surface area contributed by atoms with Crippen LogP contribution in [0.1, 0.15) is 23.7 Å². The van der Waals surface area contributed by atoms with Gasteiger partial charge in [-0.3, -0.25) is 4.79 Å². The molecule has 0 saturated carbocycles. The number of benzene rings is 1. The zero-order valence-electron chi connectivity index (χ0n) is 9.31. The van der Waals surface area contributed by atoms with Crippen molar-refractivity contribution in [2.45, 2.75) is 18.2 Å². The van der Waals surface area contributed by atoms with Gasteiger partial charge in [0.1, 0.15) is 0 Å². The second-order valence-electron chi connectivity index (χ2n) is 4.11. The minimum Gasteiger partial charge on any atom is -0.334 e. The highest BCUT2D eigenvalue weighted by Gasteiger charge is 2.17. The van der Waals surface area contributed by atoms with E-state index in [0.29, 0.717) is 0 Å². The van der Waals surface area contributed by atoms with Gasteiger partial charge in [0.15, 0.2) is 0 Å². The number of thiol groups is 1. The summed E-state index contributed by atoms with van der Waals surface area (Å²) in [4.78, 5) is 14.9. The number of rotatable bonds is 1. The molecule has 3 heteroatoms. The lowest BCUT2D eigenvalue weighted by molar-refractivity contribution is 0.0766. The van der Waals surface area contributed by atoms with Crippen LogP contribution in [0.5, 0.6) is 0 Å². The molecule has 0 aromatic heterocycles. The van der Waals surface area contributed by atoms with Crippen LogP contribution < -0.4 is 0 Å². The second-order valence-corrected chi connectivity index (χ2v) is 4.63. The van der Waals surface area contributed by atoms with Crippen LogP contribution in [0.4, 0.5) is 0 Å². The fraction of sp³-hybridized carbons (Fsp3) is 0.308. The molecule has 0 atom stereocenters. The predicted octanol–water partition coefficient (Wildman–Crippen LogP) is 2.77. The van der Waals surface area contributed by atoms with Crippen LogP contribution in [0.3, 0.4) is 0 Å². The van der Waals surface area contributed by atoms with E-state index in [0.717, 1.165) is 30.0 Å². The maximum atomic E-state index is 12.1. The molecule has 0 saturated heterocycles. The Balaban J connectivity index is 2.13. The van der Waals surface area contributed by atoms with Gasteiger partial charge >= 0.3 is 0 Å². The SMILES string of the molecule is CC1=CCCN(C(=O)c2ccc(S)cc2)C1. The lowest BCUT2D eigenvalue weighted by Gasteiger charge is -2.26. The maximum Gasteiger partial charge on any atom is 0.254 e. The summed E-state index contributed by atoms with van der Waals surface area (Å²) in [6.45, 7) is 3.64. The molecule has 0 bridgehead atoms. The Morgan fingerprint density at radius 2 is 2.00 bits per heavy atom. The van der Waals surface area contributed by atoms with E-state index in [1.165, 1.54) is 5.57 Å². The fourth-order valence-electron chi connectivity index (χ4n) is 1.87. The molecule has 0 fully saturated rings. The third kappa shape index (κ3) is 2.47. The highest BCUT2D eigenvalue weighted by atomic mass is 32.1. The van der Waals surface area contributed by atoms with Gasteiger partial charge in [-0.1, -0.05) is 11.6 Å². The molecular formula is C13H15NOS. The molecule has 0 spiro atoms. The molecule has 16 heavy (non-hydrogen) atoms. The molecule has 1 aromatic carbocycles. The quantitative estimate of drug-likeness (QED) is 0.584. The van der Waals surface area contributed by atoms with Gasteiger partial charge in [0, 0.05) is 23.5 Å². The van der Waals surface area contributed by atoms with Crippen LogP contribution in [0.25, 0.3) is 0 Å². The summed E-state index contributed by atoms with van der Waals surface area (Å²) in [5, 5.41) is 0. The van der Waals surface area contributed by atoms with Crippen molar-refractivity contribution in [3.05, 3.63) is 41.5 Å². The van der Waals surface area contributed by atoms with Crippen LogP contribution in [0, 0.1) is 0 Å². The number of hydrogen-bond acceptors (Lipinski definition) is 2. The van der Waals surface area contributed by atoms with Crippen molar-refractivity contribution in [2.75, 3.05) is 13.1 Å². The highest BCUT2D eigenvalue weighted by molar-refractivity contribution is 7.80. The zero-order chi connectivity index (χ0) is 11.5. The number of nitrogens with zero attached hydrogens (tertiary/aromatic N) is 1. The van der Waals surface area contributed by atoms with Gasteiger partial charge < -0.3 is 4.90 Å². The monoisotopic (exact) mass is 233 g/mol. The van der Waals surface area contributed by atoms with Crippen molar-refractivity contribution < 1.29 is 4.79 Å². The van der Waals surface area contributed by atoms with Gasteiger partial charge in [-0.15, -0.1) is 12.6 Å². The smallest absolute Gasteiger partial charge is 0.254 e. The third-order valence-electron chi connectivity index (χ3n) is 2.73. The predicted molar refractivity (Wildman–Crippen MR) is 68.0 cm³/mol. The average Bonchev–Trinajstić information content (AvgIpc) is 2.29. The normalized spacial score (nSPS) is 15.9. The van der Waals surface area contributed by atoms with Gasteiger partial charge in [-0.05, 0) is 37.6 Å². The van der Waals surface area contributed by atoms with E-state index in [4.69, 9.17) is 0 Å². The lowest BCUT2D eigenvalue weighted by Crippen LogP contribution is -2.35. The summed E-state index contributed by atoms with van der Waals surface area (Å²) in [7, 11) is 0. The molecule has 1 aliphatic rings. The van der Waals surface area contributed by atoms with E-state index in [-0.39, 0.29) is 5.91 Å². The fourth-order valence-corrected chi connectivity index (χ4v) is 2.02. The topological polar surface area (TPSA) is 20.3 Å². The van der Waals surface area contributed by atoms with E-state index in [1.807, 2.05) is 29.2 Å². The Hall–Kier alpha value is -1.22. The molecule has 0 N–H and O–H groups in total. The van der Waals surface area contributed by atoms with Crippen LogP contribution in [0.2, 0.25) is 0 Å². The second kappa shape index (κ2) is 4.74. The molecule has 2 nitrogen and oxygen atoms in total. The standard InChI is InChI=1S/C13H15NOS/c1-10-3-2-8-14(9-10)13(15)11-4-6-12(16)7-5-11/h3-7,16H,2,8-9H2,1H3. The van der Waals surface area contributed by atoms with Gasteiger partial charge in [0.2, 0.25) is 0 Å². The van der Waals surface area contributed by atoms with Gasteiger partial charge in [0.25, 0.3) is 5.91 Å². The molecule has 0 aliphatic carbocycles. The summed E-state index contributed by atoms with van der Waals surface area (Å²) in [6.07, 6.45) is 3.16. The van der Waals surface area contributed by atoms with Crippen molar-refractivity contribution in [3.63, 3.8) is 0 Å². The van der Waals surface area contributed by atoms with Gasteiger partial charge in [-0.2, -0.15) is 0 Å². The molecule has 1 aromatic rings. The molecule has 0 radical (unpaired) electrons. The number of amides is 1. The van der Waals surface area contributed by atoms with Crippen LogP contribution in [0.15, 0.2) is 40.8 Å². The van der Waals surface area contributed by atoms with Gasteiger partial charge in [-0.25, -0.2) is 0 Å². The summed E-state index contributed by atoms with van der Waals surface area (Å²) in [6, 6.07) is 7.36. The third-order valence-corrected chi connectivity index (χ3v) is 3.03. The van der Waals surface area contributed by atoms with Crippen molar-refractivity contribution in [2.24, 2.45) is 0 Å². The molecule has 1 heterocycles. The van der Waals surface area contributed by atoms with Crippen LogP contribution >= 0.6 is 12.6 Å². The van der Waals surface area contributed by atoms with Crippen LogP contribution in [-0.2, 0) is 0 Å².